The second kappa shape index (κ2) is 6.25. The summed E-state index contributed by atoms with van der Waals surface area (Å²) in [7, 11) is 0. The molecule has 0 unspecified atom stereocenters. The van der Waals surface area contributed by atoms with Gasteiger partial charge in [-0.1, -0.05) is 32.1 Å². The van der Waals surface area contributed by atoms with Gasteiger partial charge in [0.05, 0.1) is 11.3 Å². The topological polar surface area (TPSA) is 74.7 Å². The summed E-state index contributed by atoms with van der Waals surface area (Å²) in [6.07, 6.45) is 10.5. The number of anilines is 2. The molecule has 1 aliphatic carbocycles. The molecule has 18 heavy (non-hydrogen) atoms. The number of rotatable bonds is 2. The van der Waals surface area contributed by atoms with E-state index in [9.17, 15) is 0 Å². The average molecular weight is 244 g/mol. The molecular weight excluding hydrogens is 224 g/mol. The Morgan fingerprint density at radius 2 is 1.89 bits per heavy atom. The Morgan fingerprint density at radius 1 is 1.22 bits per heavy atom. The molecule has 1 heterocycles. The first-order chi connectivity index (χ1) is 8.79. The maximum atomic E-state index is 8.78. The molecule has 1 fully saturated rings. The van der Waals surface area contributed by atoms with E-state index in [4.69, 9.17) is 11.0 Å². The third kappa shape index (κ3) is 3.36. The summed E-state index contributed by atoms with van der Waals surface area (Å²) in [5.41, 5.74) is 6.98. The van der Waals surface area contributed by atoms with Gasteiger partial charge in [0, 0.05) is 12.2 Å². The lowest BCUT2D eigenvalue weighted by molar-refractivity contribution is 0.471. The Labute approximate surface area is 108 Å². The number of hydrogen-bond acceptors (Lipinski definition) is 4. The predicted octanol–water partition coefficient (Wildman–Crippen LogP) is 3.06. The molecule has 0 amide bonds. The smallest absolute Gasteiger partial charge is 0.149 e. The highest BCUT2D eigenvalue weighted by molar-refractivity contribution is 5.63. The maximum absolute atomic E-state index is 8.78. The van der Waals surface area contributed by atoms with Gasteiger partial charge >= 0.3 is 0 Å². The molecule has 1 aromatic rings. The standard InChI is InChI=1S/C14H20N4/c15-9-11-8-13(16)14(17-10-11)18-12-6-4-2-1-3-5-7-12/h8,10,12H,1-7,16H2,(H,17,18). The van der Waals surface area contributed by atoms with Crippen LogP contribution in [0.15, 0.2) is 12.3 Å². The molecule has 1 aliphatic rings. The first-order valence-electron chi connectivity index (χ1n) is 6.72. The van der Waals surface area contributed by atoms with Gasteiger partial charge in [-0.25, -0.2) is 4.98 Å². The molecule has 96 valence electrons. The second-order valence-corrected chi connectivity index (χ2v) is 4.96. The fourth-order valence-corrected chi connectivity index (χ4v) is 2.46. The lowest BCUT2D eigenvalue weighted by Crippen LogP contribution is -2.22. The normalized spacial score (nSPS) is 17.5. The molecule has 0 saturated heterocycles. The molecule has 0 aliphatic heterocycles. The van der Waals surface area contributed by atoms with Gasteiger partial charge in [0.25, 0.3) is 0 Å². The summed E-state index contributed by atoms with van der Waals surface area (Å²) in [5.74, 6) is 0.722. The lowest BCUT2D eigenvalue weighted by atomic mass is 9.97. The minimum Gasteiger partial charge on any atom is -0.396 e. The highest BCUT2D eigenvalue weighted by Crippen LogP contribution is 2.23. The van der Waals surface area contributed by atoms with Crippen molar-refractivity contribution in [3.05, 3.63) is 17.8 Å². The fourth-order valence-electron chi connectivity index (χ4n) is 2.46. The molecule has 0 aromatic carbocycles. The van der Waals surface area contributed by atoms with Gasteiger partial charge < -0.3 is 11.1 Å². The highest BCUT2D eigenvalue weighted by Gasteiger charge is 2.13. The van der Waals surface area contributed by atoms with Crippen LogP contribution in [-0.4, -0.2) is 11.0 Å². The van der Waals surface area contributed by atoms with E-state index in [1.54, 1.807) is 12.3 Å². The number of nitrogens with one attached hydrogen (secondary N) is 1. The monoisotopic (exact) mass is 244 g/mol. The minimum absolute atomic E-state index is 0.466. The SMILES string of the molecule is N#Cc1cnc(NC2CCCCCCC2)c(N)c1. The molecule has 4 heteroatoms. The summed E-state index contributed by atoms with van der Waals surface area (Å²) < 4.78 is 0. The zero-order valence-electron chi connectivity index (χ0n) is 10.7. The van der Waals surface area contributed by atoms with Crippen LogP contribution in [0, 0.1) is 11.3 Å². The van der Waals surface area contributed by atoms with Crippen molar-refractivity contribution in [2.75, 3.05) is 11.1 Å². The number of pyridine rings is 1. The largest absolute Gasteiger partial charge is 0.396 e. The summed E-state index contributed by atoms with van der Waals surface area (Å²) in [6.45, 7) is 0. The molecule has 1 aromatic heterocycles. The van der Waals surface area contributed by atoms with Crippen LogP contribution in [0.5, 0.6) is 0 Å². The molecule has 3 N–H and O–H groups in total. The van der Waals surface area contributed by atoms with Crippen molar-refractivity contribution in [3.8, 4) is 6.07 Å². The van der Waals surface area contributed by atoms with Crippen LogP contribution in [-0.2, 0) is 0 Å². The Balaban J connectivity index is 2.01. The third-order valence-electron chi connectivity index (χ3n) is 3.49. The zero-order chi connectivity index (χ0) is 12.8. The van der Waals surface area contributed by atoms with Gasteiger partial charge in [0.15, 0.2) is 0 Å². The highest BCUT2D eigenvalue weighted by atomic mass is 15.0. The van der Waals surface area contributed by atoms with Crippen molar-refractivity contribution in [3.63, 3.8) is 0 Å². The summed E-state index contributed by atoms with van der Waals surface area (Å²) in [4.78, 5) is 4.24. The van der Waals surface area contributed by atoms with E-state index >= 15 is 0 Å². The van der Waals surface area contributed by atoms with Crippen molar-refractivity contribution >= 4 is 11.5 Å². The van der Waals surface area contributed by atoms with Crippen LogP contribution in [0.1, 0.15) is 50.5 Å². The number of nitrogen functional groups attached to an aromatic ring is 1. The van der Waals surface area contributed by atoms with Crippen molar-refractivity contribution in [1.29, 1.82) is 5.26 Å². The first-order valence-corrected chi connectivity index (χ1v) is 6.72. The van der Waals surface area contributed by atoms with E-state index in [2.05, 4.69) is 10.3 Å². The van der Waals surface area contributed by atoms with Crippen molar-refractivity contribution in [2.45, 2.75) is 51.0 Å². The molecule has 2 rings (SSSR count). The molecule has 0 radical (unpaired) electrons. The summed E-state index contributed by atoms with van der Waals surface area (Å²) in [5, 5.41) is 12.2. The van der Waals surface area contributed by atoms with Gasteiger partial charge in [-0.05, 0) is 18.9 Å². The van der Waals surface area contributed by atoms with Crippen molar-refractivity contribution < 1.29 is 0 Å². The Bertz CT molecular complexity index is 428. The predicted molar refractivity (Wildman–Crippen MR) is 73.1 cm³/mol. The minimum atomic E-state index is 0.466. The van der Waals surface area contributed by atoms with Crippen LogP contribution in [0.4, 0.5) is 11.5 Å². The molecule has 0 spiro atoms. The Morgan fingerprint density at radius 3 is 2.50 bits per heavy atom. The quantitative estimate of drug-likeness (QED) is 0.838. The van der Waals surface area contributed by atoms with Crippen molar-refractivity contribution in [1.82, 2.24) is 4.98 Å². The number of aromatic nitrogens is 1. The maximum Gasteiger partial charge on any atom is 0.149 e. The molecule has 0 bridgehead atoms. The van der Waals surface area contributed by atoms with Crippen LogP contribution < -0.4 is 11.1 Å². The average Bonchev–Trinajstić information content (AvgIpc) is 2.34. The lowest BCUT2D eigenvalue weighted by Gasteiger charge is -2.22. The van der Waals surface area contributed by atoms with E-state index < -0.39 is 0 Å². The number of hydrogen-bond donors (Lipinski definition) is 2. The van der Waals surface area contributed by atoms with Crippen LogP contribution in [0.2, 0.25) is 0 Å². The van der Waals surface area contributed by atoms with Gasteiger partial charge in [0.2, 0.25) is 0 Å². The van der Waals surface area contributed by atoms with E-state index in [-0.39, 0.29) is 0 Å². The summed E-state index contributed by atoms with van der Waals surface area (Å²) >= 11 is 0. The van der Waals surface area contributed by atoms with E-state index in [1.807, 2.05) is 6.07 Å². The number of nitrogens with zero attached hydrogens (tertiary/aromatic N) is 2. The molecule has 0 atom stereocenters. The Hall–Kier alpha value is -1.76. The number of nitrogens with two attached hydrogens (primary N) is 1. The van der Waals surface area contributed by atoms with Gasteiger partial charge in [-0.3, -0.25) is 0 Å². The fraction of sp³-hybridized carbons (Fsp3) is 0.571. The van der Waals surface area contributed by atoms with Gasteiger partial charge in [0.1, 0.15) is 11.9 Å². The molecular formula is C14H20N4. The van der Waals surface area contributed by atoms with Crippen molar-refractivity contribution in [2.24, 2.45) is 0 Å². The second-order valence-electron chi connectivity index (χ2n) is 4.96. The van der Waals surface area contributed by atoms with Crippen LogP contribution >= 0.6 is 0 Å². The van der Waals surface area contributed by atoms with Gasteiger partial charge in [-0.2, -0.15) is 5.26 Å². The molecule has 4 nitrogen and oxygen atoms in total. The first kappa shape index (κ1) is 12.7. The van der Waals surface area contributed by atoms with Crippen LogP contribution in [0.3, 0.4) is 0 Å². The van der Waals surface area contributed by atoms with Crippen LogP contribution in [0.25, 0.3) is 0 Å². The molecule has 1 saturated carbocycles. The van der Waals surface area contributed by atoms with E-state index in [0.29, 0.717) is 17.3 Å². The Kier molecular flexibility index (Phi) is 4.40. The number of nitriles is 1. The van der Waals surface area contributed by atoms with Gasteiger partial charge in [-0.15, -0.1) is 0 Å². The summed E-state index contributed by atoms with van der Waals surface area (Å²) in [6, 6.07) is 4.19. The van der Waals surface area contributed by atoms with E-state index in [1.165, 1.54) is 44.9 Å². The third-order valence-corrected chi connectivity index (χ3v) is 3.49. The van der Waals surface area contributed by atoms with E-state index in [0.717, 1.165) is 5.82 Å². The zero-order valence-corrected chi connectivity index (χ0v) is 10.7.